The third-order valence-electron chi connectivity index (χ3n) is 7.08. The van der Waals surface area contributed by atoms with Gasteiger partial charge >= 0.3 is 12.1 Å². The lowest BCUT2D eigenvalue weighted by Gasteiger charge is -2.41. The molecule has 14 heteroatoms. The van der Waals surface area contributed by atoms with E-state index < -0.39 is 71.7 Å². The van der Waals surface area contributed by atoms with Crippen molar-refractivity contribution >= 4 is 18.0 Å². The molecule has 48 heavy (non-hydrogen) atoms. The number of aromatic nitrogens is 3. The summed E-state index contributed by atoms with van der Waals surface area (Å²) in [5, 5.41) is 6.71. The van der Waals surface area contributed by atoms with Crippen LogP contribution in [0.1, 0.15) is 79.2 Å². The Morgan fingerprint density at radius 1 is 1.00 bits per heavy atom. The van der Waals surface area contributed by atoms with Gasteiger partial charge in [-0.05, 0) is 63.3 Å². The quantitative estimate of drug-likeness (QED) is 0.168. The number of hydrogen-bond donors (Lipinski definition) is 1. The zero-order chi connectivity index (χ0) is 36.0. The number of benzene rings is 2. The fourth-order valence-electron chi connectivity index (χ4n) is 5.10. The van der Waals surface area contributed by atoms with E-state index in [1.54, 1.807) is 53.7 Å². The fourth-order valence-corrected chi connectivity index (χ4v) is 5.10. The summed E-state index contributed by atoms with van der Waals surface area (Å²) in [5.41, 5.74) is -1.28. The second-order valence-corrected chi connectivity index (χ2v) is 13.5. The first-order valence-electron chi connectivity index (χ1n) is 15.5. The van der Waals surface area contributed by atoms with Crippen molar-refractivity contribution < 1.29 is 41.4 Å². The number of amides is 2. The third kappa shape index (κ3) is 10.5. The van der Waals surface area contributed by atoms with Crippen LogP contribution in [0.4, 0.5) is 22.4 Å². The van der Waals surface area contributed by atoms with Crippen LogP contribution in [0.25, 0.3) is 11.4 Å². The summed E-state index contributed by atoms with van der Waals surface area (Å²) in [6.07, 6.45) is -5.85. The Balaban J connectivity index is 2.18. The average molecular weight is 678 g/mol. The Hall–Kier alpha value is -4.49. The number of alkyl halides is 2. The molecule has 262 valence electrons. The van der Waals surface area contributed by atoms with Gasteiger partial charge in [-0.1, -0.05) is 51.1 Å². The normalized spacial score (nSPS) is 13.9. The van der Waals surface area contributed by atoms with E-state index >= 15 is 0 Å². The summed E-state index contributed by atoms with van der Waals surface area (Å²) < 4.78 is 69.6. The number of rotatable bonds is 12. The molecule has 2 aromatic carbocycles. The fraction of sp³-hybridized carbons (Fsp3) is 0.500. The molecule has 0 spiro atoms. The number of nitrogens with zero attached hydrogens (tertiary/aromatic N) is 4. The minimum absolute atomic E-state index is 0.105. The van der Waals surface area contributed by atoms with Crippen molar-refractivity contribution in [2.45, 2.75) is 98.6 Å². The van der Waals surface area contributed by atoms with E-state index in [0.717, 1.165) is 30.7 Å². The second kappa shape index (κ2) is 15.6. The van der Waals surface area contributed by atoms with Gasteiger partial charge in [0.05, 0.1) is 24.2 Å². The largest absolute Gasteiger partial charge is 0.453 e. The maximum Gasteiger partial charge on any atom is 0.408 e. The summed E-state index contributed by atoms with van der Waals surface area (Å²) in [7, 11) is 0. The van der Waals surface area contributed by atoms with E-state index in [-0.39, 0.29) is 30.3 Å². The highest BCUT2D eigenvalue weighted by Crippen LogP contribution is 2.39. The van der Waals surface area contributed by atoms with Gasteiger partial charge in [0.15, 0.2) is 17.8 Å². The number of ether oxygens (including phenoxy) is 2. The van der Waals surface area contributed by atoms with Crippen LogP contribution in [-0.4, -0.2) is 68.4 Å². The lowest BCUT2D eigenvalue weighted by atomic mass is 9.84. The highest BCUT2D eigenvalue weighted by Gasteiger charge is 2.41. The molecule has 0 saturated heterocycles. The monoisotopic (exact) mass is 677 g/mol. The van der Waals surface area contributed by atoms with Gasteiger partial charge in [0.1, 0.15) is 17.2 Å². The van der Waals surface area contributed by atoms with Gasteiger partial charge in [0, 0.05) is 13.5 Å². The molecule has 0 aliphatic carbocycles. The number of hydrogen-bond acceptors (Lipinski definition) is 7. The van der Waals surface area contributed by atoms with Crippen molar-refractivity contribution in [3.63, 3.8) is 0 Å². The number of carbonyl (C=O) groups is 3. The number of alkyl carbamates (subject to hydrolysis) is 1. The zero-order valence-electron chi connectivity index (χ0n) is 28.4. The van der Waals surface area contributed by atoms with Gasteiger partial charge in [-0.3, -0.25) is 9.59 Å². The summed E-state index contributed by atoms with van der Waals surface area (Å²) in [6, 6.07) is 9.17. The highest BCUT2D eigenvalue weighted by molar-refractivity contribution is 5.83. The molecule has 0 aliphatic rings. The molecule has 1 N–H and O–H groups in total. The highest BCUT2D eigenvalue weighted by atomic mass is 19.3. The van der Waals surface area contributed by atoms with E-state index in [2.05, 4.69) is 15.4 Å². The first-order chi connectivity index (χ1) is 22.3. The van der Waals surface area contributed by atoms with Gasteiger partial charge in [0.25, 0.3) is 12.3 Å². The molecular formula is C34H43F4N5O5. The number of nitrogens with one attached hydrogen (secondary N) is 1. The summed E-state index contributed by atoms with van der Waals surface area (Å²) >= 11 is 0. The summed E-state index contributed by atoms with van der Waals surface area (Å²) in [5.74, 6) is -3.00. The van der Waals surface area contributed by atoms with E-state index in [9.17, 15) is 31.9 Å². The van der Waals surface area contributed by atoms with Crippen molar-refractivity contribution in [2.75, 3.05) is 6.54 Å². The van der Waals surface area contributed by atoms with Crippen molar-refractivity contribution in [3.05, 3.63) is 71.6 Å². The Morgan fingerprint density at radius 2 is 1.65 bits per heavy atom. The Kier molecular flexibility index (Phi) is 12.3. The summed E-state index contributed by atoms with van der Waals surface area (Å²) in [4.78, 5) is 44.2. The molecule has 3 atom stereocenters. The van der Waals surface area contributed by atoms with Crippen molar-refractivity contribution in [2.24, 2.45) is 5.41 Å². The molecule has 0 saturated carbocycles. The average Bonchev–Trinajstić information content (AvgIpc) is 3.35. The molecule has 1 heterocycles. The predicted octanol–water partition coefficient (Wildman–Crippen LogP) is 6.69. The van der Waals surface area contributed by atoms with Gasteiger partial charge in [-0.2, -0.15) is 5.10 Å². The van der Waals surface area contributed by atoms with Crippen molar-refractivity contribution in [1.82, 2.24) is 25.0 Å². The van der Waals surface area contributed by atoms with Crippen LogP contribution in [0.2, 0.25) is 0 Å². The van der Waals surface area contributed by atoms with E-state index in [1.165, 1.54) is 16.5 Å². The topological polar surface area (TPSA) is 116 Å². The third-order valence-corrected chi connectivity index (χ3v) is 7.08. The number of carbonyl (C=O) groups excluding carboxylic acids is 3. The Bertz CT molecular complexity index is 1570. The van der Waals surface area contributed by atoms with Crippen LogP contribution in [0.15, 0.2) is 48.5 Å². The molecule has 0 unspecified atom stereocenters. The second-order valence-electron chi connectivity index (χ2n) is 13.5. The van der Waals surface area contributed by atoms with Crippen LogP contribution >= 0.6 is 0 Å². The Morgan fingerprint density at radius 3 is 2.21 bits per heavy atom. The standard InChI is InChI=1S/C34H43F4N5O5/c1-20(47-21(2)44)31(45)42(17-16-26(28(37)38)39-32(46)48-34(6,7)8)27(33(3,4)5)30-40-29(24-18-23(35)14-15-25(24)36)41-43(30)19-22-12-10-9-11-13-22/h9-15,18,20,26-28H,16-17,19H2,1-8H3,(H,39,46)/t20-,26+,27-/m0/s1. The molecule has 1 aromatic heterocycles. The Labute approximate surface area is 277 Å². The van der Waals surface area contributed by atoms with E-state index in [0.29, 0.717) is 0 Å². The molecule has 2 amide bonds. The molecule has 10 nitrogen and oxygen atoms in total. The minimum atomic E-state index is -3.03. The van der Waals surface area contributed by atoms with E-state index in [1.807, 2.05) is 18.2 Å². The lowest BCUT2D eigenvalue weighted by Crippen LogP contribution is -2.50. The maximum atomic E-state index is 15.0. The first-order valence-corrected chi connectivity index (χ1v) is 15.5. The first kappa shape index (κ1) is 38.0. The molecule has 3 rings (SSSR count). The molecular weight excluding hydrogens is 634 g/mol. The van der Waals surface area contributed by atoms with Crippen LogP contribution in [0.3, 0.4) is 0 Å². The van der Waals surface area contributed by atoms with Crippen molar-refractivity contribution in [3.8, 4) is 11.4 Å². The SMILES string of the molecule is CC(=O)O[C@@H](C)C(=O)N(CC[C@@H](NC(=O)OC(C)(C)C)C(F)F)[C@@H](c1nc(-c2cc(F)ccc2F)nn1Cc1ccccc1)C(C)(C)C. The van der Waals surface area contributed by atoms with Gasteiger partial charge in [-0.15, -0.1) is 0 Å². The molecule has 0 fully saturated rings. The van der Waals surface area contributed by atoms with Crippen LogP contribution in [0.5, 0.6) is 0 Å². The summed E-state index contributed by atoms with van der Waals surface area (Å²) in [6.45, 7) is 12.3. The van der Waals surface area contributed by atoms with Gasteiger partial charge in [-0.25, -0.2) is 32.0 Å². The predicted molar refractivity (Wildman–Crippen MR) is 170 cm³/mol. The molecule has 3 aromatic rings. The number of esters is 1. The zero-order valence-corrected chi connectivity index (χ0v) is 28.4. The molecule has 0 aliphatic heterocycles. The number of halogens is 4. The minimum Gasteiger partial charge on any atom is -0.453 e. The van der Waals surface area contributed by atoms with Crippen LogP contribution in [-0.2, 0) is 25.6 Å². The molecule has 0 bridgehead atoms. The molecule has 0 radical (unpaired) electrons. The van der Waals surface area contributed by atoms with Gasteiger partial charge in [0.2, 0.25) is 0 Å². The van der Waals surface area contributed by atoms with Crippen molar-refractivity contribution in [1.29, 1.82) is 0 Å². The van der Waals surface area contributed by atoms with Crippen LogP contribution < -0.4 is 5.32 Å². The maximum absolute atomic E-state index is 15.0. The lowest BCUT2D eigenvalue weighted by molar-refractivity contribution is -0.160. The smallest absolute Gasteiger partial charge is 0.408 e. The van der Waals surface area contributed by atoms with Crippen LogP contribution in [0, 0.1) is 17.0 Å². The van der Waals surface area contributed by atoms with E-state index in [4.69, 9.17) is 9.47 Å². The van der Waals surface area contributed by atoms with Gasteiger partial charge < -0.3 is 19.7 Å².